The Labute approximate surface area is 150 Å². The van der Waals surface area contributed by atoms with E-state index in [1.807, 2.05) is 0 Å². The Bertz CT molecular complexity index is 775. The van der Waals surface area contributed by atoms with Crippen molar-refractivity contribution in [3.8, 4) is 11.3 Å². The number of aryl methyl sites for hydroxylation is 1. The molecule has 0 aliphatic rings. The highest BCUT2D eigenvalue weighted by Crippen LogP contribution is 2.24. The van der Waals surface area contributed by atoms with E-state index in [2.05, 4.69) is 15.6 Å². The lowest BCUT2D eigenvalue weighted by Gasteiger charge is -2.08. The first-order valence-corrected chi connectivity index (χ1v) is 8.31. The van der Waals surface area contributed by atoms with Gasteiger partial charge >= 0.3 is 0 Å². The van der Waals surface area contributed by atoms with Crippen molar-refractivity contribution >= 4 is 11.8 Å². The number of benzene rings is 1. The standard InChI is InChI=1S/C18H21F2N3O3/c1-11(2)18(25)22-8-7-21-16(24)5-6-17-23-10-15(26-17)13-4-3-12(19)9-14(13)20/h3-4,9-11H,5-8H2,1-2H3,(H,21,24)(H,22,25). The van der Waals surface area contributed by atoms with Crippen molar-refractivity contribution in [1.82, 2.24) is 15.6 Å². The molecule has 0 radical (unpaired) electrons. The first kappa shape index (κ1) is 19.6. The second-order valence-electron chi connectivity index (χ2n) is 6.04. The highest BCUT2D eigenvalue weighted by molar-refractivity contribution is 5.78. The molecule has 26 heavy (non-hydrogen) atoms. The molecule has 0 atom stereocenters. The van der Waals surface area contributed by atoms with Crippen LogP contribution in [0.1, 0.15) is 26.2 Å². The summed E-state index contributed by atoms with van der Waals surface area (Å²) in [6.07, 6.45) is 1.72. The van der Waals surface area contributed by atoms with E-state index in [0.717, 1.165) is 12.1 Å². The van der Waals surface area contributed by atoms with Gasteiger partial charge in [-0.1, -0.05) is 13.8 Å². The van der Waals surface area contributed by atoms with Crippen molar-refractivity contribution in [1.29, 1.82) is 0 Å². The van der Waals surface area contributed by atoms with Crippen LogP contribution in [0.15, 0.2) is 28.8 Å². The molecule has 0 unspecified atom stereocenters. The normalized spacial score (nSPS) is 10.8. The SMILES string of the molecule is CC(C)C(=O)NCCNC(=O)CCc1ncc(-c2ccc(F)cc2F)o1. The fourth-order valence-electron chi connectivity index (χ4n) is 2.14. The molecule has 8 heteroatoms. The molecule has 1 aromatic heterocycles. The van der Waals surface area contributed by atoms with Crippen LogP contribution in [0.4, 0.5) is 8.78 Å². The molecule has 2 rings (SSSR count). The number of aromatic nitrogens is 1. The maximum Gasteiger partial charge on any atom is 0.222 e. The summed E-state index contributed by atoms with van der Waals surface area (Å²) in [5, 5.41) is 5.37. The quantitative estimate of drug-likeness (QED) is 0.704. The van der Waals surface area contributed by atoms with Gasteiger partial charge in [0.15, 0.2) is 11.7 Å². The second kappa shape index (κ2) is 9.07. The zero-order valence-corrected chi connectivity index (χ0v) is 14.6. The lowest BCUT2D eigenvalue weighted by molar-refractivity contribution is -0.124. The highest BCUT2D eigenvalue weighted by Gasteiger charge is 2.13. The van der Waals surface area contributed by atoms with E-state index in [0.29, 0.717) is 13.1 Å². The predicted octanol–water partition coefficient (Wildman–Crippen LogP) is 2.44. The lowest BCUT2D eigenvalue weighted by atomic mass is 10.2. The third kappa shape index (κ3) is 5.65. The number of amides is 2. The number of carbonyl (C=O) groups is 2. The summed E-state index contributed by atoms with van der Waals surface area (Å²) in [6, 6.07) is 3.17. The summed E-state index contributed by atoms with van der Waals surface area (Å²) in [5.41, 5.74) is 0.107. The number of hydrogen-bond donors (Lipinski definition) is 2. The molecule has 6 nitrogen and oxygen atoms in total. The van der Waals surface area contributed by atoms with E-state index in [4.69, 9.17) is 4.42 Å². The van der Waals surface area contributed by atoms with Gasteiger partial charge in [-0.25, -0.2) is 13.8 Å². The summed E-state index contributed by atoms with van der Waals surface area (Å²) in [6.45, 7) is 4.26. The van der Waals surface area contributed by atoms with Gasteiger partial charge in [-0.15, -0.1) is 0 Å². The number of nitrogens with one attached hydrogen (secondary N) is 2. The van der Waals surface area contributed by atoms with E-state index in [9.17, 15) is 18.4 Å². The highest BCUT2D eigenvalue weighted by atomic mass is 19.1. The van der Waals surface area contributed by atoms with Crippen LogP contribution >= 0.6 is 0 Å². The molecular weight excluding hydrogens is 344 g/mol. The van der Waals surface area contributed by atoms with Crippen molar-refractivity contribution in [3.05, 3.63) is 41.9 Å². The van der Waals surface area contributed by atoms with Crippen LogP contribution in [0.5, 0.6) is 0 Å². The largest absolute Gasteiger partial charge is 0.441 e. The number of oxazole rings is 1. The molecule has 0 aliphatic heterocycles. The summed E-state index contributed by atoms with van der Waals surface area (Å²) in [5.74, 6) is -1.34. The average molecular weight is 365 g/mol. The third-order valence-electron chi connectivity index (χ3n) is 3.59. The molecule has 1 heterocycles. The monoisotopic (exact) mass is 365 g/mol. The zero-order valence-electron chi connectivity index (χ0n) is 14.6. The number of carbonyl (C=O) groups excluding carboxylic acids is 2. The van der Waals surface area contributed by atoms with Crippen molar-refractivity contribution in [2.24, 2.45) is 5.92 Å². The summed E-state index contributed by atoms with van der Waals surface area (Å²) in [4.78, 5) is 27.1. The Morgan fingerprint density at radius 1 is 1.19 bits per heavy atom. The fraction of sp³-hybridized carbons (Fsp3) is 0.389. The smallest absolute Gasteiger partial charge is 0.222 e. The number of nitrogens with zero attached hydrogens (tertiary/aromatic N) is 1. The summed E-state index contributed by atoms with van der Waals surface area (Å²) >= 11 is 0. The molecule has 0 saturated heterocycles. The second-order valence-corrected chi connectivity index (χ2v) is 6.04. The first-order chi connectivity index (χ1) is 12.4. The molecule has 0 bridgehead atoms. The third-order valence-corrected chi connectivity index (χ3v) is 3.59. The van der Waals surface area contributed by atoms with Gasteiger partial charge in [0, 0.05) is 37.9 Å². The Kier molecular flexibility index (Phi) is 6.82. The molecule has 2 aromatic rings. The van der Waals surface area contributed by atoms with Crippen molar-refractivity contribution in [3.63, 3.8) is 0 Å². The molecule has 2 N–H and O–H groups in total. The van der Waals surface area contributed by atoms with Crippen LogP contribution in [0.3, 0.4) is 0 Å². The van der Waals surface area contributed by atoms with Gasteiger partial charge in [-0.05, 0) is 12.1 Å². The number of halogens is 2. The molecule has 1 aromatic carbocycles. The molecule has 0 saturated carbocycles. The number of hydrogen-bond acceptors (Lipinski definition) is 4. The van der Waals surface area contributed by atoms with E-state index in [-0.39, 0.29) is 47.8 Å². The van der Waals surface area contributed by atoms with E-state index in [1.165, 1.54) is 12.3 Å². The Morgan fingerprint density at radius 2 is 1.92 bits per heavy atom. The molecular formula is C18H21F2N3O3. The van der Waals surface area contributed by atoms with Gasteiger partial charge in [0.05, 0.1) is 11.8 Å². The van der Waals surface area contributed by atoms with Gasteiger partial charge in [0.2, 0.25) is 11.8 Å². The van der Waals surface area contributed by atoms with Crippen molar-refractivity contribution in [2.45, 2.75) is 26.7 Å². The lowest BCUT2D eigenvalue weighted by Crippen LogP contribution is -2.36. The zero-order chi connectivity index (χ0) is 19.1. The predicted molar refractivity (Wildman–Crippen MR) is 91.0 cm³/mol. The maximum absolute atomic E-state index is 13.7. The van der Waals surface area contributed by atoms with Crippen LogP contribution in [-0.2, 0) is 16.0 Å². The molecule has 0 fully saturated rings. The first-order valence-electron chi connectivity index (χ1n) is 8.31. The van der Waals surface area contributed by atoms with Crippen LogP contribution < -0.4 is 10.6 Å². The Balaban J connectivity index is 1.77. The van der Waals surface area contributed by atoms with Gasteiger partial charge < -0.3 is 15.1 Å². The van der Waals surface area contributed by atoms with Crippen LogP contribution in [0, 0.1) is 17.6 Å². The molecule has 140 valence electrons. The van der Waals surface area contributed by atoms with E-state index in [1.54, 1.807) is 13.8 Å². The Morgan fingerprint density at radius 3 is 2.62 bits per heavy atom. The van der Waals surface area contributed by atoms with Gasteiger partial charge in [-0.2, -0.15) is 0 Å². The molecule has 0 spiro atoms. The summed E-state index contributed by atoms with van der Waals surface area (Å²) < 4.78 is 32.1. The van der Waals surface area contributed by atoms with Crippen molar-refractivity contribution in [2.75, 3.05) is 13.1 Å². The topological polar surface area (TPSA) is 84.2 Å². The minimum absolute atomic E-state index is 0.0698. The molecule has 2 amide bonds. The molecule has 0 aliphatic carbocycles. The van der Waals surface area contributed by atoms with Crippen molar-refractivity contribution < 1.29 is 22.8 Å². The fourth-order valence-corrected chi connectivity index (χ4v) is 2.14. The van der Waals surface area contributed by atoms with Crippen LogP contribution in [0.25, 0.3) is 11.3 Å². The minimum Gasteiger partial charge on any atom is -0.441 e. The van der Waals surface area contributed by atoms with Gasteiger partial charge in [0.25, 0.3) is 0 Å². The van der Waals surface area contributed by atoms with Crippen LogP contribution in [-0.4, -0.2) is 29.9 Å². The maximum atomic E-state index is 13.7. The van der Waals surface area contributed by atoms with Crippen LogP contribution in [0.2, 0.25) is 0 Å². The van der Waals surface area contributed by atoms with Gasteiger partial charge in [-0.3, -0.25) is 9.59 Å². The Hall–Kier alpha value is -2.77. The summed E-state index contributed by atoms with van der Waals surface area (Å²) in [7, 11) is 0. The average Bonchev–Trinajstić information content (AvgIpc) is 3.05. The van der Waals surface area contributed by atoms with E-state index < -0.39 is 11.6 Å². The minimum atomic E-state index is -0.742. The van der Waals surface area contributed by atoms with Gasteiger partial charge in [0.1, 0.15) is 11.6 Å². The van der Waals surface area contributed by atoms with E-state index >= 15 is 0 Å². The number of rotatable bonds is 8.